The first-order chi connectivity index (χ1) is 21.3. The Morgan fingerprint density at radius 3 is 1.91 bits per heavy atom. The van der Waals surface area contributed by atoms with Crippen LogP contribution in [0.5, 0.6) is 0 Å². The van der Waals surface area contributed by atoms with E-state index in [1.165, 1.54) is 5.39 Å². The molecule has 2 heterocycles. The molecule has 0 fully saturated rings. The van der Waals surface area contributed by atoms with Gasteiger partial charge in [-0.2, -0.15) is 0 Å². The second kappa shape index (κ2) is 9.37. The molecule has 9 aromatic rings. The van der Waals surface area contributed by atoms with Gasteiger partial charge in [-0.25, -0.2) is 0 Å². The number of furan rings is 2. The van der Waals surface area contributed by atoms with Crippen LogP contribution in [-0.2, 0) is 0 Å². The minimum atomic E-state index is 0.875. The molecule has 0 aliphatic heterocycles. The van der Waals surface area contributed by atoms with Gasteiger partial charge in [0.05, 0.1) is 0 Å². The zero-order valence-corrected chi connectivity index (χ0v) is 23.2. The summed E-state index contributed by atoms with van der Waals surface area (Å²) < 4.78 is 12.9. The average Bonchev–Trinajstić information content (AvgIpc) is 3.64. The van der Waals surface area contributed by atoms with E-state index in [1.807, 2.05) is 18.2 Å². The van der Waals surface area contributed by atoms with Gasteiger partial charge in [-0.1, -0.05) is 97.1 Å². The normalized spacial score (nSPS) is 11.7. The van der Waals surface area contributed by atoms with Gasteiger partial charge in [0.2, 0.25) is 0 Å². The van der Waals surface area contributed by atoms with Gasteiger partial charge in [0, 0.05) is 55.6 Å². The molecule has 0 amide bonds. The minimum absolute atomic E-state index is 0.875. The van der Waals surface area contributed by atoms with Gasteiger partial charge >= 0.3 is 0 Å². The highest BCUT2D eigenvalue weighted by atomic mass is 16.3. The van der Waals surface area contributed by atoms with E-state index in [0.29, 0.717) is 0 Å². The van der Waals surface area contributed by atoms with Crippen molar-refractivity contribution in [2.75, 3.05) is 4.90 Å². The Hall–Kier alpha value is -5.80. The Kier molecular flexibility index (Phi) is 5.20. The summed E-state index contributed by atoms with van der Waals surface area (Å²) in [6.45, 7) is 0. The highest BCUT2D eigenvalue weighted by Gasteiger charge is 2.17. The van der Waals surface area contributed by atoms with Crippen LogP contribution in [0.15, 0.2) is 160 Å². The van der Waals surface area contributed by atoms with Crippen LogP contribution in [0.3, 0.4) is 0 Å². The second-order valence-corrected chi connectivity index (χ2v) is 10.9. The van der Waals surface area contributed by atoms with E-state index >= 15 is 0 Å². The van der Waals surface area contributed by atoms with Crippen LogP contribution < -0.4 is 4.90 Å². The van der Waals surface area contributed by atoms with Gasteiger partial charge in [0.1, 0.15) is 22.3 Å². The Morgan fingerprint density at radius 2 is 1.02 bits per heavy atom. The summed E-state index contributed by atoms with van der Waals surface area (Å²) in [5.74, 6) is 0. The summed E-state index contributed by atoms with van der Waals surface area (Å²) in [5, 5.41) is 6.84. The molecule has 0 bridgehead atoms. The molecule has 3 heteroatoms. The van der Waals surface area contributed by atoms with Gasteiger partial charge in [0.15, 0.2) is 0 Å². The number of nitrogens with zero attached hydrogens (tertiary/aromatic N) is 1. The number of anilines is 3. The maximum Gasteiger partial charge on any atom is 0.143 e. The summed E-state index contributed by atoms with van der Waals surface area (Å²) in [6, 6.07) is 53.0. The molecule has 0 spiro atoms. The van der Waals surface area contributed by atoms with Crippen molar-refractivity contribution in [3.63, 3.8) is 0 Å². The second-order valence-electron chi connectivity index (χ2n) is 10.9. The third kappa shape index (κ3) is 3.75. The molecule has 7 aromatic carbocycles. The Labute approximate surface area is 247 Å². The number of rotatable bonds is 4. The lowest BCUT2D eigenvalue weighted by atomic mass is 10.0. The number of fused-ring (bicyclic) bond motifs is 8. The average molecular weight is 552 g/mol. The van der Waals surface area contributed by atoms with Crippen LogP contribution in [0.25, 0.3) is 65.8 Å². The van der Waals surface area contributed by atoms with Gasteiger partial charge in [-0.15, -0.1) is 0 Å². The van der Waals surface area contributed by atoms with Gasteiger partial charge < -0.3 is 13.7 Å². The van der Waals surface area contributed by atoms with E-state index in [9.17, 15) is 0 Å². The maximum atomic E-state index is 6.61. The van der Waals surface area contributed by atoms with Crippen LogP contribution in [0.4, 0.5) is 17.1 Å². The standard InChI is InChI=1S/C40H25NO2/c1-2-10-28(11-3-1)41(30-22-24-34-33-13-6-7-16-37(33)42-38(34)25-30)29-20-17-27(18-21-29)32-14-8-15-35-36-23-19-26-9-4-5-12-31(26)40(36)43-39(32)35/h1-25H. The fourth-order valence-corrected chi connectivity index (χ4v) is 6.42. The minimum Gasteiger partial charge on any atom is -0.456 e. The van der Waals surface area contributed by atoms with Gasteiger partial charge in [-0.05, 0) is 59.5 Å². The van der Waals surface area contributed by atoms with E-state index in [4.69, 9.17) is 8.83 Å². The van der Waals surface area contributed by atoms with Crippen molar-refractivity contribution in [3.05, 3.63) is 152 Å². The predicted molar refractivity (Wildman–Crippen MR) is 179 cm³/mol. The van der Waals surface area contributed by atoms with E-state index in [-0.39, 0.29) is 0 Å². The van der Waals surface area contributed by atoms with Crippen molar-refractivity contribution >= 4 is 71.7 Å². The largest absolute Gasteiger partial charge is 0.456 e. The van der Waals surface area contributed by atoms with E-state index < -0.39 is 0 Å². The number of benzene rings is 7. The van der Waals surface area contributed by atoms with E-state index in [0.717, 1.165) is 77.5 Å². The highest BCUT2D eigenvalue weighted by molar-refractivity contribution is 6.17. The summed E-state index contributed by atoms with van der Waals surface area (Å²) in [4.78, 5) is 2.27. The Balaban J connectivity index is 1.17. The van der Waals surface area contributed by atoms with Crippen molar-refractivity contribution in [2.24, 2.45) is 0 Å². The molecular weight excluding hydrogens is 526 g/mol. The van der Waals surface area contributed by atoms with Gasteiger partial charge in [0.25, 0.3) is 0 Å². The first-order valence-corrected chi connectivity index (χ1v) is 14.5. The summed E-state index contributed by atoms with van der Waals surface area (Å²) in [7, 11) is 0. The predicted octanol–water partition coefficient (Wildman–Crippen LogP) is 11.8. The van der Waals surface area contributed by atoms with Crippen molar-refractivity contribution in [3.8, 4) is 11.1 Å². The molecule has 2 aromatic heterocycles. The van der Waals surface area contributed by atoms with E-state index in [1.54, 1.807) is 0 Å². The van der Waals surface area contributed by atoms with Crippen molar-refractivity contribution in [2.45, 2.75) is 0 Å². The molecule has 9 rings (SSSR count). The van der Waals surface area contributed by atoms with Crippen LogP contribution in [0, 0.1) is 0 Å². The van der Waals surface area contributed by atoms with Gasteiger partial charge in [-0.3, -0.25) is 0 Å². The maximum absolute atomic E-state index is 6.61. The molecule has 0 aliphatic carbocycles. The quantitative estimate of drug-likeness (QED) is 0.218. The number of para-hydroxylation sites is 3. The summed E-state index contributed by atoms with van der Waals surface area (Å²) >= 11 is 0. The zero-order valence-electron chi connectivity index (χ0n) is 23.2. The Bertz CT molecular complexity index is 2450. The lowest BCUT2D eigenvalue weighted by molar-refractivity contribution is 0.669. The smallest absolute Gasteiger partial charge is 0.143 e. The molecule has 0 saturated carbocycles. The molecule has 0 radical (unpaired) electrons. The van der Waals surface area contributed by atoms with Crippen LogP contribution in [-0.4, -0.2) is 0 Å². The summed E-state index contributed by atoms with van der Waals surface area (Å²) in [5.41, 5.74) is 9.00. The molecule has 0 unspecified atom stereocenters. The lowest BCUT2D eigenvalue weighted by Crippen LogP contribution is -2.09. The topological polar surface area (TPSA) is 29.5 Å². The third-order valence-electron chi connectivity index (χ3n) is 8.46. The molecule has 202 valence electrons. The lowest BCUT2D eigenvalue weighted by Gasteiger charge is -2.25. The third-order valence-corrected chi connectivity index (χ3v) is 8.46. The Morgan fingerprint density at radius 1 is 0.372 bits per heavy atom. The summed E-state index contributed by atoms with van der Waals surface area (Å²) in [6.07, 6.45) is 0. The molecule has 43 heavy (non-hydrogen) atoms. The van der Waals surface area contributed by atoms with Crippen LogP contribution in [0.2, 0.25) is 0 Å². The first kappa shape index (κ1) is 23.9. The van der Waals surface area contributed by atoms with Crippen molar-refractivity contribution in [1.82, 2.24) is 0 Å². The monoisotopic (exact) mass is 551 g/mol. The van der Waals surface area contributed by atoms with Crippen molar-refractivity contribution < 1.29 is 8.83 Å². The molecule has 0 aliphatic rings. The molecule has 0 atom stereocenters. The van der Waals surface area contributed by atoms with Crippen LogP contribution in [0.1, 0.15) is 0 Å². The zero-order chi connectivity index (χ0) is 28.3. The SMILES string of the molecule is c1ccc(N(c2ccc(-c3cccc4c3oc3c5ccccc5ccc43)cc2)c2ccc3c(c2)oc2ccccc23)cc1. The number of hydrogen-bond donors (Lipinski definition) is 0. The molecule has 0 saturated heterocycles. The molecule has 0 N–H and O–H groups in total. The fraction of sp³-hybridized carbons (Fsp3) is 0. The first-order valence-electron chi connectivity index (χ1n) is 14.5. The molecule has 3 nitrogen and oxygen atoms in total. The van der Waals surface area contributed by atoms with Crippen molar-refractivity contribution in [1.29, 1.82) is 0 Å². The molecular formula is C40H25NO2. The number of hydrogen-bond acceptors (Lipinski definition) is 3. The fourth-order valence-electron chi connectivity index (χ4n) is 6.42. The van der Waals surface area contributed by atoms with E-state index in [2.05, 4.69) is 138 Å². The highest BCUT2D eigenvalue weighted by Crippen LogP contribution is 2.41. The van der Waals surface area contributed by atoms with Crippen LogP contribution >= 0.6 is 0 Å².